The molecule has 2 atom stereocenters. The van der Waals surface area contributed by atoms with Crippen molar-refractivity contribution in [3.8, 4) is 0 Å². The molecule has 1 aromatic rings. The Bertz CT molecular complexity index is 476. The molecule has 21 heavy (non-hydrogen) atoms. The summed E-state index contributed by atoms with van der Waals surface area (Å²) < 4.78 is 0. The van der Waals surface area contributed by atoms with Gasteiger partial charge in [0.05, 0.1) is 0 Å². The van der Waals surface area contributed by atoms with Crippen molar-refractivity contribution in [2.75, 3.05) is 32.7 Å². The van der Waals surface area contributed by atoms with E-state index in [0.29, 0.717) is 11.3 Å². The molecule has 0 saturated carbocycles. The smallest absolute Gasteiger partial charge is 0.0441 e. The Hall–Kier alpha value is -0.570. The van der Waals surface area contributed by atoms with Gasteiger partial charge < -0.3 is 10.2 Å². The van der Waals surface area contributed by atoms with E-state index in [9.17, 15) is 0 Å². The lowest BCUT2D eigenvalue weighted by molar-refractivity contribution is 0.135. The van der Waals surface area contributed by atoms with Gasteiger partial charge in [0.1, 0.15) is 0 Å². The van der Waals surface area contributed by atoms with Crippen molar-refractivity contribution in [2.24, 2.45) is 5.41 Å². The van der Waals surface area contributed by atoms with Crippen LogP contribution in [0.4, 0.5) is 0 Å². The number of piperidine rings is 1. The summed E-state index contributed by atoms with van der Waals surface area (Å²) in [5, 5.41) is 4.55. The molecule has 2 fully saturated rings. The van der Waals surface area contributed by atoms with Crippen LogP contribution in [0.15, 0.2) is 24.3 Å². The van der Waals surface area contributed by atoms with Crippen LogP contribution in [0, 0.1) is 5.41 Å². The zero-order chi connectivity index (χ0) is 14.7. The maximum absolute atomic E-state index is 6.52. The van der Waals surface area contributed by atoms with Crippen LogP contribution < -0.4 is 5.32 Å². The van der Waals surface area contributed by atoms with Gasteiger partial charge in [-0.3, -0.25) is 0 Å². The minimum Gasteiger partial charge on any atom is -0.316 e. The molecule has 0 bridgehead atoms. The van der Waals surface area contributed by atoms with E-state index in [1.54, 1.807) is 0 Å². The van der Waals surface area contributed by atoms with Gasteiger partial charge >= 0.3 is 0 Å². The predicted molar refractivity (Wildman–Crippen MR) is 90.1 cm³/mol. The summed E-state index contributed by atoms with van der Waals surface area (Å²) in [6.45, 7) is 8.22. The number of hydrogen-bond donors (Lipinski definition) is 1. The lowest BCUT2D eigenvalue weighted by Gasteiger charge is -2.45. The van der Waals surface area contributed by atoms with Gasteiger partial charge in [-0.25, -0.2) is 0 Å². The van der Waals surface area contributed by atoms with Crippen LogP contribution >= 0.6 is 11.6 Å². The molecule has 1 spiro atoms. The van der Waals surface area contributed by atoms with Crippen LogP contribution in [0.5, 0.6) is 0 Å². The summed E-state index contributed by atoms with van der Waals surface area (Å²) in [5.41, 5.74) is 1.80. The SMILES string of the molecule is CCN1CCCC2(CCNCC2c2ccccc2Cl)CC1. The molecule has 1 aromatic carbocycles. The topological polar surface area (TPSA) is 15.3 Å². The third kappa shape index (κ3) is 3.13. The Morgan fingerprint density at radius 3 is 2.90 bits per heavy atom. The molecule has 0 aliphatic carbocycles. The molecular weight excluding hydrogens is 280 g/mol. The van der Waals surface area contributed by atoms with E-state index in [1.807, 2.05) is 12.1 Å². The monoisotopic (exact) mass is 306 g/mol. The first-order valence-corrected chi connectivity index (χ1v) is 8.80. The maximum atomic E-state index is 6.52. The van der Waals surface area contributed by atoms with Gasteiger partial charge in [0.25, 0.3) is 0 Å². The second kappa shape index (κ2) is 6.68. The molecule has 116 valence electrons. The van der Waals surface area contributed by atoms with Crippen LogP contribution in [0.2, 0.25) is 5.02 Å². The highest BCUT2D eigenvalue weighted by Crippen LogP contribution is 2.49. The van der Waals surface area contributed by atoms with Crippen LogP contribution in [0.1, 0.15) is 44.1 Å². The molecule has 0 aromatic heterocycles. The Morgan fingerprint density at radius 2 is 2.10 bits per heavy atom. The normalized spacial score (nSPS) is 31.2. The summed E-state index contributed by atoms with van der Waals surface area (Å²) in [7, 11) is 0. The highest BCUT2D eigenvalue weighted by atomic mass is 35.5. The molecule has 2 aliphatic rings. The third-order valence-electron chi connectivity index (χ3n) is 5.69. The Morgan fingerprint density at radius 1 is 1.24 bits per heavy atom. The molecule has 0 radical (unpaired) electrons. The Kier molecular flexibility index (Phi) is 4.88. The third-order valence-corrected chi connectivity index (χ3v) is 6.03. The molecule has 2 aliphatic heterocycles. The van der Waals surface area contributed by atoms with E-state index in [2.05, 4.69) is 29.3 Å². The number of hydrogen-bond acceptors (Lipinski definition) is 2. The van der Waals surface area contributed by atoms with E-state index in [1.165, 1.54) is 50.9 Å². The van der Waals surface area contributed by atoms with Crippen molar-refractivity contribution in [3.05, 3.63) is 34.9 Å². The van der Waals surface area contributed by atoms with Gasteiger partial charge in [-0.15, -0.1) is 0 Å². The van der Waals surface area contributed by atoms with E-state index in [4.69, 9.17) is 11.6 Å². The van der Waals surface area contributed by atoms with Crippen molar-refractivity contribution in [2.45, 2.75) is 38.5 Å². The van der Waals surface area contributed by atoms with E-state index < -0.39 is 0 Å². The zero-order valence-corrected chi connectivity index (χ0v) is 13.8. The second-order valence-corrected chi connectivity index (χ2v) is 7.09. The standard InChI is InChI=1S/C18H27ClN2/c1-2-21-12-5-8-18(10-13-21)9-11-20-14-16(18)15-6-3-4-7-17(15)19/h3-4,6-7,16,20H,2,5,8-14H2,1H3. The molecular formula is C18H27ClN2. The first-order valence-electron chi connectivity index (χ1n) is 8.43. The first-order chi connectivity index (χ1) is 10.2. The fourth-order valence-electron chi connectivity index (χ4n) is 4.36. The second-order valence-electron chi connectivity index (χ2n) is 6.68. The van der Waals surface area contributed by atoms with Crippen LogP contribution in [0.25, 0.3) is 0 Å². The summed E-state index contributed by atoms with van der Waals surface area (Å²) in [6, 6.07) is 8.47. The Labute approximate surface area is 133 Å². The molecule has 2 heterocycles. The molecule has 1 N–H and O–H groups in total. The van der Waals surface area contributed by atoms with Crippen LogP contribution in [0.3, 0.4) is 0 Å². The minimum atomic E-state index is 0.445. The highest BCUT2D eigenvalue weighted by Gasteiger charge is 2.42. The number of rotatable bonds is 2. The fraction of sp³-hybridized carbons (Fsp3) is 0.667. The molecule has 0 amide bonds. The van der Waals surface area contributed by atoms with Gasteiger partial charge in [0.15, 0.2) is 0 Å². The van der Waals surface area contributed by atoms with Crippen molar-refractivity contribution in [3.63, 3.8) is 0 Å². The summed E-state index contributed by atoms with van der Waals surface area (Å²) in [4.78, 5) is 2.61. The lowest BCUT2D eigenvalue weighted by atomic mass is 9.64. The van der Waals surface area contributed by atoms with Crippen molar-refractivity contribution < 1.29 is 0 Å². The van der Waals surface area contributed by atoms with Crippen LogP contribution in [-0.4, -0.2) is 37.6 Å². The number of likely N-dealkylation sites (tertiary alicyclic amines) is 1. The minimum absolute atomic E-state index is 0.445. The van der Waals surface area contributed by atoms with Gasteiger partial charge in [0, 0.05) is 17.5 Å². The highest BCUT2D eigenvalue weighted by molar-refractivity contribution is 6.31. The zero-order valence-electron chi connectivity index (χ0n) is 13.1. The molecule has 2 nitrogen and oxygen atoms in total. The number of nitrogens with one attached hydrogen (secondary N) is 1. The maximum Gasteiger partial charge on any atom is 0.0441 e. The van der Waals surface area contributed by atoms with Crippen molar-refractivity contribution >= 4 is 11.6 Å². The van der Waals surface area contributed by atoms with Crippen molar-refractivity contribution in [1.82, 2.24) is 10.2 Å². The quantitative estimate of drug-likeness (QED) is 0.891. The Balaban J connectivity index is 1.89. The van der Waals surface area contributed by atoms with Gasteiger partial charge in [-0.2, -0.15) is 0 Å². The molecule has 3 rings (SSSR count). The largest absolute Gasteiger partial charge is 0.316 e. The van der Waals surface area contributed by atoms with Crippen LogP contribution in [-0.2, 0) is 0 Å². The fourth-order valence-corrected chi connectivity index (χ4v) is 4.63. The predicted octanol–water partition coefficient (Wildman–Crippen LogP) is 3.91. The molecule has 2 unspecified atom stereocenters. The number of nitrogens with zero attached hydrogens (tertiary/aromatic N) is 1. The summed E-state index contributed by atoms with van der Waals surface area (Å²) in [5.74, 6) is 0.566. The van der Waals surface area contributed by atoms with Gasteiger partial charge in [-0.05, 0) is 68.9 Å². The number of benzene rings is 1. The molecule has 2 saturated heterocycles. The van der Waals surface area contributed by atoms with E-state index >= 15 is 0 Å². The van der Waals surface area contributed by atoms with E-state index in [0.717, 1.165) is 18.1 Å². The van der Waals surface area contributed by atoms with Crippen molar-refractivity contribution in [1.29, 1.82) is 0 Å². The first kappa shape index (κ1) is 15.3. The average Bonchev–Trinajstić information content (AvgIpc) is 2.72. The lowest BCUT2D eigenvalue weighted by Crippen LogP contribution is -2.44. The van der Waals surface area contributed by atoms with E-state index in [-0.39, 0.29) is 0 Å². The van der Waals surface area contributed by atoms with Gasteiger partial charge in [0.2, 0.25) is 0 Å². The number of halogens is 1. The van der Waals surface area contributed by atoms with Gasteiger partial charge in [-0.1, -0.05) is 36.7 Å². The summed E-state index contributed by atoms with van der Waals surface area (Å²) >= 11 is 6.52. The average molecular weight is 307 g/mol. The summed E-state index contributed by atoms with van der Waals surface area (Å²) in [6.07, 6.45) is 5.29. The molecule has 3 heteroatoms.